The van der Waals surface area contributed by atoms with Crippen molar-refractivity contribution in [3.8, 4) is 0 Å². The topological polar surface area (TPSA) is 60.5 Å². The zero-order chi connectivity index (χ0) is 21.3. The van der Waals surface area contributed by atoms with Crippen LogP contribution in [0, 0.1) is 0 Å². The summed E-state index contributed by atoms with van der Waals surface area (Å²) in [5, 5.41) is 6.65. The Hall–Kier alpha value is -2.09. The van der Waals surface area contributed by atoms with Crippen molar-refractivity contribution in [2.75, 3.05) is 37.4 Å². The number of nitrogens with zero attached hydrogens (tertiary/aromatic N) is 3. The number of hydrogen-bond donors (Lipinski definition) is 2. The number of amides is 1. The van der Waals surface area contributed by atoms with Gasteiger partial charge in [0.05, 0.1) is 5.37 Å². The number of likely N-dealkylation sites (N-methyl/N-ethyl adjacent to an activating group) is 1. The van der Waals surface area contributed by atoms with Gasteiger partial charge in [-0.15, -0.1) is 11.8 Å². The second-order valence-electron chi connectivity index (χ2n) is 8.88. The average Bonchev–Trinajstić information content (AvgIpc) is 3.34. The molecule has 3 heterocycles. The summed E-state index contributed by atoms with van der Waals surface area (Å²) in [6.07, 6.45) is 4.81. The van der Waals surface area contributed by atoms with Gasteiger partial charge in [-0.05, 0) is 70.3 Å². The van der Waals surface area contributed by atoms with Crippen molar-refractivity contribution in [2.45, 2.75) is 42.5 Å². The summed E-state index contributed by atoms with van der Waals surface area (Å²) in [6.45, 7) is 6.35. The molecule has 2 saturated heterocycles. The number of benzene rings is 1. The third-order valence-electron chi connectivity index (χ3n) is 6.08. The van der Waals surface area contributed by atoms with E-state index in [1.54, 1.807) is 18.0 Å². The largest absolute Gasteiger partial charge is 0.370 e. The van der Waals surface area contributed by atoms with Crippen LogP contribution in [-0.4, -0.2) is 59.8 Å². The number of aromatic nitrogens is 1. The van der Waals surface area contributed by atoms with Gasteiger partial charge in [0.1, 0.15) is 6.04 Å². The number of anilines is 2. The molecule has 160 valence electrons. The molecule has 2 aliphatic rings. The number of pyridine rings is 1. The van der Waals surface area contributed by atoms with Crippen LogP contribution < -0.4 is 15.5 Å². The molecule has 0 spiro atoms. The van der Waals surface area contributed by atoms with Gasteiger partial charge in [-0.1, -0.05) is 6.07 Å². The van der Waals surface area contributed by atoms with E-state index >= 15 is 0 Å². The zero-order valence-electron chi connectivity index (χ0n) is 18.1. The molecular weight excluding hydrogens is 394 g/mol. The van der Waals surface area contributed by atoms with Crippen molar-refractivity contribution >= 4 is 29.0 Å². The molecule has 3 unspecified atom stereocenters. The normalized spacial score (nSPS) is 25.6. The smallest absolute Gasteiger partial charge is 0.242 e. The molecule has 1 aromatic heterocycles. The Bertz CT molecular complexity index is 871. The number of nitrogens with one attached hydrogen (secondary N) is 2. The molecule has 1 aromatic carbocycles. The maximum Gasteiger partial charge on any atom is 0.242 e. The van der Waals surface area contributed by atoms with Crippen molar-refractivity contribution in [1.82, 2.24) is 15.2 Å². The molecule has 2 N–H and O–H groups in total. The van der Waals surface area contributed by atoms with E-state index in [1.165, 1.54) is 12.1 Å². The van der Waals surface area contributed by atoms with E-state index < -0.39 is 0 Å². The summed E-state index contributed by atoms with van der Waals surface area (Å²) in [4.78, 5) is 22.0. The molecule has 6 nitrogen and oxygen atoms in total. The van der Waals surface area contributed by atoms with Crippen molar-refractivity contribution < 1.29 is 4.79 Å². The third kappa shape index (κ3) is 4.48. The van der Waals surface area contributed by atoms with Gasteiger partial charge in [-0.25, -0.2) is 0 Å². The summed E-state index contributed by atoms with van der Waals surface area (Å²) in [5.41, 5.74) is 3.14. The van der Waals surface area contributed by atoms with E-state index in [2.05, 4.69) is 65.5 Å². The minimum Gasteiger partial charge on any atom is -0.370 e. The molecule has 30 heavy (non-hydrogen) atoms. The fourth-order valence-corrected chi connectivity index (χ4v) is 5.61. The van der Waals surface area contributed by atoms with Crippen molar-refractivity contribution in [1.29, 1.82) is 0 Å². The van der Waals surface area contributed by atoms with Crippen molar-refractivity contribution in [3.05, 3.63) is 54.4 Å². The third-order valence-corrected chi connectivity index (χ3v) is 7.56. The summed E-state index contributed by atoms with van der Waals surface area (Å²) in [5.74, 6) is 0.000449. The zero-order valence-corrected chi connectivity index (χ0v) is 18.9. The lowest BCUT2D eigenvalue weighted by Gasteiger charge is -2.24. The molecule has 0 bridgehead atoms. The first-order valence-corrected chi connectivity index (χ1v) is 11.4. The van der Waals surface area contributed by atoms with Crippen LogP contribution in [0.15, 0.2) is 48.8 Å². The highest BCUT2D eigenvalue weighted by atomic mass is 32.2. The number of thioether (sulfide) groups is 1. The number of rotatable bonds is 5. The van der Waals surface area contributed by atoms with Crippen LogP contribution in [0.25, 0.3) is 0 Å². The quantitative estimate of drug-likeness (QED) is 0.766. The highest BCUT2D eigenvalue weighted by Crippen LogP contribution is 2.45. The molecule has 1 amide bonds. The molecule has 0 radical (unpaired) electrons. The molecule has 4 rings (SSSR count). The Morgan fingerprint density at radius 2 is 2.03 bits per heavy atom. The van der Waals surface area contributed by atoms with Gasteiger partial charge in [0, 0.05) is 47.6 Å². The SMILES string of the molecule is CN(C)C1CCN(c2ccc(NC(=O)C3NC(c4cccnc4)SC3(C)C)cc2)C1. The van der Waals surface area contributed by atoms with Crippen LogP contribution in [-0.2, 0) is 4.79 Å². The van der Waals surface area contributed by atoms with Crippen LogP contribution in [0.1, 0.15) is 31.2 Å². The van der Waals surface area contributed by atoms with Crippen LogP contribution in [0.5, 0.6) is 0 Å². The first-order chi connectivity index (χ1) is 14.3. The molecule has 7 heteroatoms. The number of carbonyl (C=O) groups is 1. The highest BCUT2D eigenvalue weighted by Gasteiger charge is 2.45. The summed E-state index contributed by atoms with van der Waals surface area (Å²) < 4.78 is -0.221. The van der Waals surface area contributed by atoms with E-state index in [1.807, 2.05) is 30.5 Å². The molecule has 3 atom stereocenters. The van der Waals surface area contributed by atoms with Gasteiger partial charge in [-0.3, -0.25) is 15.1 Å². The Labute approximate surface area is 183 Å². The van der Waals surface area contributed by atoms with Crippen LogP contribution >= 0.6 is 11.8 Å². The van der Waals surface area contributed by atoms with E-state index in [4.69, 9.17) is 0 Å². The van der Waals surface area contributed by atoms with Crippen molar-refractivity contribution in [2.24, 2.45) is 0 Å². The van der Waals surface area contributed by atoms with Crippen LogP contribution in [0.2, 0.25) is 0 Å². The second-order valence-corrected chi connectivity index (χ2v) is 10.6. The van der Waals surface area contributed by atoms with Gasteiger partial charge in [0.15, 0.2) is 0 Å². The van der Waals surface area contributed by atoms with Crippen LogP contribution in [0.4, 0.5) is 11.4 Å². The second kappa shape index (κ2) is 8.57. The van der Waals surface area contributed by atoms with E-state index in [-0.39, 0.29) is 22.1 Å². The molecule has 2 fully saturated rings. The van der Waals surface area contributed by atoms with Gasteiger partial charge in [-0.2, -0.15) is 0 Å². The van der Waals surface area contributed by atoms with Crippen LogP contribution in [0.3, 0.4) is 0 Å². The number of hydrogen-bond acceptors (Lipinski definition) is 6. The Kier molecular flexibility index (Phi) is 6.04. The lowest BCUT2D eigenvalue weighted by molar-refractivity contribution is -0.118. The van der Waals surface area contributed by atoms with E-state index in [9.17, 15) is 4.79 Å². The fraction of sp³-hybridized carbons (Fsp3) is 0.478. The lowest BCUT2D eigenvalue weighted by atomic mass is 10.0. The minimum absolute atomic E-state index is 0.000449. The maximum atomic E-state index is 13.0. The Balaban J connectivity index is 1.39. The minimum atomic E-state index is -0.285. The predicted molar refractivity (Wildman–Crippen MR) is 125 cm³/mol. The van der Waals surface area contributed by atoms with Gasteiger partial charge in [0.25, 0.3) is 0 Å². The van der Waals surface area contributed by atoms with Gasteiger partial charge >= 0.3 is 0 Å². The molecule has 0 saturated carbocycles. The maximum absolute atomic E-state index is 13.0. The Morgan fingerprint density at radius 1 is 1.27 bits per heavy atom. The fourth-order valence-electron chi connectivity index (χ4n) is 4.21. The van der Waals surface area contributed by atoms with E-state index in [0.29, 0.717) is 6.04 Å². The van der Waals surface area contributed by atoms with Crippen molar-refractivity contribution in [3.63, 3.8) is 0 Å². The molecule has 0 aliphatic carbocycles. The summed E-state index contributed by atoms with van der Waals surface area (Å²) in [6, 6.07) is 12.5. The first-order valence-electron chi connectivity index (χ1n) is 10.5. The number of carbonyl (C=O) groups excluding carboxylic acids is 1. The Morgan fingerprint density at radius 3 is 2.67 bits per heavy atom. The molecular formula is C23H31N5OS. The first kappa shape index (κ1) is 21.2. The molecule has 2 aromatic rings. The average molecular weight is 426 g/mol. The summed E-state index contributed by atoms with van der Waals surface area (Å²) >= 11 is 1.77. The highest BCUT2D eigenvalue weighted by molar-refractivity contribution is 8.01. The summed E-state index contributed by atoms with van der Waals surface area (Å²) in [7, 11) is 4.28. The van der Waals surface area contributed by atoms with Gasteiger partial charge < -0.3 is 15.1 Å². The van der Waals surface area contributed by atoms with Gasteiger partial charge in [0.2, 0.25) is 5.91 Å². The monoisotopic (exact) mass is 425 g/mol. The molecule has 2 aliphatic heterocycles. The van der Waals surface area contributed by atoms with E-state index in [0.717, 1.165) is 24.3 Å². The predicted octanol–water partition coefficient (Wildman–Crippen LogP) is 3.34. The standard InChI is InChI=1S/C23H31N5OS/c1-23(2)20(26-22(30-23)16-6-5-12-24-14-16)21(29)25-17-7-9-18(10-8-17)28-13-11-19(15-28)27(3)4/h5-10,12,14,19-20,22,26H,11,13,15H2,1-4H3,(H,25,29). The lowest BCUT2D eigenvalue weighted by Crippen LogP contribution is -2.46.